The van der Waals surface area contributed by atoms with Crippen molar-refractivity contribution in [1.82, 2.24) is 14.9 Å². The summed E-state index contributed by atoms with van der Waals surface area (Å²) in [6, 6.07) is 16.4. The predicted octanol–water partition coefficient (Wildman–Crippen LogP) is 1.58. The van der Waals surface area contributed by atoms with E-state index in [1.807, 2.05) is 24.3 Å². The van der Waals surface area contributed by atoms with E-state index in [1.165, 1.54) is 5.69 Å². The number of anilines is 1. The summed E-state index contributed by atoms with van der Waals surface area (Å²) in [5.74, 6) is 0. The molecule has 0 bridgehead atoms. The van der Waals surface area contributed by atoms with Gasteiger partial charge in [-0.1, -0.05) is 24.3 Å². The molecule has 2 aromatic carbocycles. The molecule has 26 heavy (non-hydrogen) atoms. The van der Waals surface area contributed by atoms with Crippen molar-refractivity contribution in [2.24, 2.45) is 0 Å². The van der Waals surface area contributed by atoms with Gasteiger partial charge < -0.3 is 14.9 Å². The Morgan fingerprint density at radius 3 is 2.23 bits per heavy atom. The Hall–Kier alpha value is -2.86. The van der Waals surface area contributed by atoms with Gasteiger partial charge in [0.2, 0.25) is 0 Å². The number of hydrogen-bond acceptors (Lipinski definition) is 4. The van der Waals surface area contributed by atoms with Crippen LogP contribution in [0.15, 0.2) is 58.1 Å². The van der Waals surface area contributed by atoms with Crippen LogP contribution >= 0.6 is 0 Å². The molecular weight excluding hydrogens is 328 g/mol. The molecule has 3 aromatic rings. The summed E-state index contributed by atoms with van der Waals surface area (Å²) in [5.41, 5.74) is 2.58. The van der Waals surface area contributed by atoms with Gasteiger partial charge in [0.05, 0.1) is 11.0 Å². The highest BCUT2D eigenvalue weighted by Gasteiger charge is 2.16. The number of aromatic amines is 2. The Morgan fingerprint density at radius 2 is 1.50 bits per heavy atom. The molecule has 0 radical (unpaired) electrons. The number of nitrogens with one attached hydrogen (secondary N) is 2. The van der Waals surface area contributed by atoms with Gasteiger partial charge in [0, 0.05) is 38.4 Å². The first-order valence-electron chi connectivity index (χ1n) is 8.97. The minimum absolute atomic E-state index is 0.605. The number of H-pyrrole nitrogens is 2. The van der Waals surface area contributed by atoms with Crippen LogP contribution in [0.4, 0.5) is 5.69 Å². The fourth-order valence-electron chi connectivity index (χ4n) is 3.47. The second kappa shape index (κ2) is 7.17. The van der Waals surface area contributed by atoms with Gasteiger partial charge in [0.25, 0.3) is 0 Å². The maximum absolute atomic E-state index is 11.5. The molecule has 1 aliphatic rings. The summed E-state index contributed by atoms with van der Waals surface area (Å²) < 4.78 is 0. The van der Waals surface area contributed by atoms with Crippen LogP contribution in [0, 0.1) is 0 Å². The molecule has 1 aromatic heterocycles. The number of aromatic nitrogens is 2. The lowest BCUT2D eigenvalue weighted by molar-refractivity contribution is 0.261. The molecule has 0 saturated carbocycles. The zero-order valence-electron chi connectivity index (χ0n) is 14.6. The average Bonchev–Trinajstić information content (AvgIpc) is 2.68. The van der Waals surface area contributed by atoms with Gasteiger partial charge in [-0.2, -0.15) is 0 Å². The van der Waals surface area contributed by atoms with Crippen molar-refractivity contribution in [3.63, 3.8) is 0 Å². The predicted molar refractivity (Wildman–Crippen MR) is 104 cm³/mol. The Labute approximate surface area is 151 Å². The van der Waals surface area contributed by atoms with Crippen LogP contribution in [-0.2, 0) is 6.42 Å². The van der Waals surface area contributed by atoms with Crippen molar-refractivity contribution in [2.75, 3.05) is 37.6 Å². The largest absolute Gasteiger partial charge is 0.369 e. The summed E-state index contributed by atoms with van der Waals surface area (Å²) in [4.78, 5) is 33.0. The van der Waals surface area contributed by atoms with Crippen LogP contribution in [0.2, 0.25) is 0 Å². The Kier molecular flexibility index (Phi) is 4.58. The Balaban J connectivity index is 1.36. The number of nitrogens with zero attached hydrogens (tertiary/aromatic N) is 2. The molecule has 0 amide bonds. The van der Waals surface area contributed by atoms with E-state index in [-0.39, 0.29) is 0 Å². The van der Waals surface area contributed by atoms with Crippen LogP contribution in [0.1, 0.15) is 5.56 Å². The van der Waals surface area contributed by atoms with Gasteiger partial charge >= 0.3 is 11.1 Å². The van der Waals surface area contributed by atoms with Crippen molar-refractivity contribution in [3.8, 4) is 0 Å². The first-order valence-corrected chi connectivity index (χ1v) is 8.97. The topological polar surface area (TPSA) is 72.2 Å². The van der Waals surface area contributed by atoms with Gasteiger partial charge in [0.1, 0.15) is 0 Å². The van der Waals surface area contributed by atoms with Crippen LogP contribution in [-0.4, -0.2) is 47.6 Å². The molecule has 6 heteroatoms. The summed E-state index contributed by atoms with van der Waals surface area (Å²) in [5, 5.41) is 0. The number of rotatable bonds is 4. The van der Waals surface area contributed by atoms with Gasteiger partial charge in [-0.3, -0.25) is 14.5 Å². The molecule has 0 aliphatic carbocycles. The van der Waals surface area contributed by atoms with Gasteiger partial charge in [0.15, 0.2) is 0 Å². The van der Waals surface area contributed by atoms with E-state index in [1.54, 1.807) is 0 Å². The molecule has 1 saturated heterocycles. The Bertz CT molecular complexity index is 1000. The molecule has 0 unspecified atom stereocenters. The first-order chi connectivity index (χ1) is 12.7. The summed E-state index contributed by atoms with van der Waals surface area (Å²) in [6.45, 7) is 5.16. The third-order valence-electron chi connectivity index (χ3n) is 5.00. The molecule has 0 spiro atoms. The van der Waals surface area contributed by atoms with E-state index < -0.39 is 11.1 Å². The molecule has 2 N–H and O–H groups in total. The lowest BCUT2D eigenvalue weighted by Crippen LogP contribution is -2.46. The van der Waals surface area contributed by atoms with E-state index in [9.17, 15) is 9.59 Å². The standard InChI is InChI=1S/C20H22N4O2/c25-19-20(26)22-18-14-15(6-7-17(18)21-19)8-9-23-10-12-24(13-11-23)16-4-2-1-3-5-16/h1-7,14H,8-13H2,(H,21,25)(H,22,26). The van der Waals surface area contributed by atoms with Crippen molar-refractivity contribution in [1.29, 1.82) is 0 Å². The fourth-order valence-corrected chi connectivity index (χ4v) is 3.47. The minimum atomic E-state index is -0.610. The molecule has 0 atom stereocenters. The number of benzene rings is 2. The first kappa shape index (κ1) is 16.6. The second-order valence-electron chi connectivity index (χ2n) is 6.70. The molecule has 134 valence electrons. The molecule has 1 fully saturated rings. The van der Waals surface area contributed by atoms with Gasteiger partial charge in [-0.25, -0.2) is 0 Å². The van der Waals surface area contributed by atoms with Crippen molar-refractivity contribution < 1.29 is 0 Å². The lowest BCUT2D eigenvalue weighted by atomic mass is 10.1. The summed E-state index contributed by atoms with van der Waals surface area (Å²) >= 11 is 0. The number of para-hydroxylation sites is 1. The van der Waals surface area contributed by atoms with Crippen molar-refractivity contribution in [2.45, 2.75) is 6.42 Å². The molecule has 1 aliphatic heterocycles. The molecule has 2 heterocycles. The summed E-state index contributed by atoms with van der Waals surface area (Å²) in [7, 11) is 0. The SMILES string of the molecule is O=c1[nH]c2ccc(CCN3CCN(c4ccccc4)CC3)cc2[nH]c1=O. The Morgan fingerprint density at radius 1 is 0.808 bits per heavy atom. The number of piperazine rings is 1. The van der Waals surface area contributed by atoms with E-state index in [2.05, 4.69) is 44.0 Å². The van der Waals surface area contributed by atoms with E-state index in [4.69, 9.17) is 0 Å². The smallest absolute Gasteiger partial charge is 0.314 e. The normalized spacial score (nSPS) is 15.5. The van der Waals surface area contributed by atoms with Gasteiger partial charge in [-0.05, 0) is 36.2 Å². The second-order valence-corrected chi connectivity index (χ2v) is 6.70. The highest BCUT2D eigenvalue weighted by Crippen LogP contribution is 2.16. The van der Waals surface area contributed by atoms with Crippen LogP contribution < -0.4 is 16.0 Å². The maximum atomic E-state index is 11.5. The lowest BCUT2D eigenvalue weighted by Gasteiger charge is -2.36. The third-order valence-corrected chi connectivity index (χ3v) is 5.00. The van der Waals surface area contributed by atoms with E-state index in [0.29, 0.717) is 11.0 Å². The van der Waals surface area contributed by atoms with Crippen LogP contribution in [0.5, 0.6) is 0 Å². The van der Waals surface area contributed by atoms with Crippen LogP contribution in [0.3, 0.4) is 0 Å². The van der Waals surface area contributed by atoms with Crippen LogP contribution in [0.25, 0.3) is 11.0 Å². The number of hydrogen-bond donors (Lipinski definition) is 2. The zero-order chi connectivity index (χ0) is 17.9. The van der Waals surface area contributed by atoms with E-state index in [0.717, 1.165) is 44.7 Å². The third kappa shape index (κ3) is 3.55. The zero-order valence-corrected chi connectivity index (χ0v) is 14.6. The fraction of sp³-hybridized carbons (Fsp3) is 0.300. The summed E-state index contributed by atoms with van der Waals surface area (Å²) in [6.07, 6.45) is 0.919. The van der Waals surface area contributed by atoms with Gasteiger partial charge in [-0.15, -0.1) is 0 Å². The monoisotopic (exact) mass is 350 g/mol. The average molecular weight is 350 g/mol. The van der Waals surface area contributed by atoms with Crippen molar-refractivity contribution in [3.05, 3.63) is 74.8 Å². The highest BCUT2D eigenvalue weighted by atomic mass is 16.2. The van der Waals surface area contributed by atoms with E-state index >= 15 is 0 Å². The quantitative estimate of drug-likeness (QED) is 0.701. The highest BCUT2D eigenvalue weighted by molar-refractivity contribution is 5.74. The minimum Gasteiger partial charge on any atom is -0.369 e. The molecule has 6 nitrogen and oxygen atoms in total. The molecule has 4 rings (SSSR count). The van der Waals surface area contributed by atoms with Crippen molar-refractivity contribution >= 4 is 16.7 Å². The maximum Gasteiger partial charge on any atom is 0.314 e. The number of fused-ring (bicyclic) bond motifs is 1. The molecular formula is C20H22N4O2.